The molecule has 2 amide bonds. The maximum absolute atomic E-state index is 14.3. The van der Waals surface area contributed by atoms with Crippen LogP contribution < -0.4 is 4.74 Å². The molecule has 0 aliphatic carbocycles. The van der Waals surface area contributed by atoms with Crippen molar-refractivity contribution in [1.29, 1.82) is 0 Å². The van der Waals surface area contributed by atoms with E-state index in [1.807, 2.05) is 12.1 Å². The first-order valence-corrected chi connectivity index (χ1v) is 27.2. The number of carbonyl (C=O) groups excluding carboxylic acids is 5. The van der Waals surface area contributed by atoms with E-state index < -0.39 is 116 Å². The minimum Gasteiger partial charge on any atom is -0.475 e. The van der Waals surface area contributed by atoms with Crippen molar-refractivity contribution in [3.63, 3.8) is 0 Å². The van der Waals surface area contributed by atoms with Gasteiger partial charge >= 0.3 is 23.6 Å². The minimum absolute atomic E-state index is 0.00522. The highest BCUT2D eigenvalue weighted by atomic mass is 16.8. The molecule has 6 aromatic carbocycles. The molecule has 0 aromatic heterocycles. The second-order valence-corrected chi connectivity index (χ2v) is 19.9. The van der Waals surface area contributed by atoms with Gasteiger partial charge in [-0.1, -0.05) is 127 Å². The number of ether oxygens (including phenoxy) is 10. The number of aliphatic hydroxyl groups is 2. The van der Waals surface area contributed by atoms with Crippen molar-refractivity contribution in [1.82, 2.24) is 9.80 Å². The third kappa shape index (κ3) is 15.6. The van der Waals surface area contributed by atoms with E-state index in [4.69, 9.17) is 47.4 Å². The third-order valence-corrected chi connectivity index (χ3v) is 14.2. The molecule has 22 nitrogen and oxygen atoms in total. The Kier molecular flexibility index (Phi) is 20.9. The molecule has 440 valence electrons. The molecule has 10 atom stereocenters. The molecule has 3 fully saturated rings. The monoisotopic (exact) mass is 1150 g/mol. The Labute approximate surface area is 483 Å². The standard InChI is InChI=1S/C62H63N3O19/c1-40(67)63-29-31-64(32-30-63)58(70)46-27-28-48(47(33-46)65(73)74)75-39-51(68)76-38-50-54(78-36-42-19-9-3-10-20-42)56(57(83-60(72)45-25-15-6-16-26-45)61(81-50)79-37-43-21-11-4-12-22-43)84-62-55(82-59(71)44-23-13-5-14-24-44)52(69)53(49(34-66)80-62)77-35-41-17-7-2-8-18-41/h2-28,33,49-50,52-57,61-62,66,69H,29-32,34-39H2,1H3/t49?,50?,52-,53+,54+,55?,56-,57?,61+,62-/m0/s1. The van der Waals surface area contributed by atoms with Crippen LogP contribution in [0.3, 0.4) is 0 Å². The van der Waals surface area contributed by atoms with Crippen LogP contribution in [-0.2, 0) is 72.0 Å². The van der Waals surface area contributed by atoms with Gasteiger partial charge in [-0.3, -0.25) is 19.7 Å². The van der Waals surface area contributed by atoms with E-state index in [2.05, 4.69) is 0 Å². The molecule has 22 heteroatoms. The smallest absolute Gasteiger partial charge is 0.344 e. The molecule has 3 aliphatic heterocycles. The molecule has 6 aromatic rings. The van der Waals surface area contributed by atoms with Crippen LogP contribution in [0.1, 0.15) is 54.7 Å². The lowest BCUT2D eigenvalue weighted by Gasteiger charge is -2.49. The van der Waals surface area contributed by atoms with Crippen molar-refractivity contribution in [3.8, 4) is 5.75 Å². The zero-order valence-corrected chi connectivity index (χ0v) is 45.7. The summed E-state index contributed by atoms with van der Waals surface area (Å²) < 4.78 is 63.3. The summed E-state index contributed by atoms with van der Waals surface area (Å²) in [6.45, 7) is -0.0640. The van der Waals surface area contributed by atoms with Crippen LogP contribution in [0.25, 0.3) is 0 Å². The number of hydrogen-bond donors (Lipinski definition) is 2. The van der Waals surface area contributed by atoms with E-state index in [1.165, 1.54) is 48.2 Å². The third-order valence-electron chi connectivity index (χ3n) is 14.2. The molecule has 3 saturated heterocycles. The molecule has 3 aliphatic rings. The molecule has 0 bridgehead atoms. The number of nitro groups is 1. The number of hydrogen-bond acceptors (Lipinski definition) is 19. The number of aliphatic hydroxyl groups excluding tert-OH is 2. The fourth-order valence-electron chi connectivity index (χ4n) is 9.76. The fourth-order valence-corrected chi connectivity index (χ4v) is 9.76. The first-order valence-electron chi connectivity index (χ1n) is 27.2. The van der Waals surface area contributed by atoms with Gasteiger partial charge in [-0.25, -0.2) is 14.4 Å². The normalized spacial score (nSPS) is 23.2. The number of benzene rings is 6. The van der Waals surface area contributed by atoms with Gasteiger partial charge in [-0.2, -0.15) is 0 Å². The SMILES string of the molecule is CC(=O)N1CCN(C(=O)c2ccc(OCC(=O)OCC3O[C@@H](OCc4ccccc4)C(OC(=O)c4ccccc4)[C@@H](O[C@@H]4OC(CO)[C@@H](OCc5ccccc5)[C@H](O)C4OC(=O)c4ccccc4)[C@@H]3OCc3ccccc3)c([N+](=O)[O-])c2)CC1. The van der Waals surface area contributed by atoms with Crippen LogP contribution in [0.5, 0.6) is 5.75 Å². The van der Waals surface area contributed by atoms with Gasteiger partial charge in [0, 0.05) is 44.7 Å². The van der Waals surface area contributed by atoms with E-state index >= 15 is 0 Å². The molecule has 0 saturated carbocycles. The van der Waals surface area contributed by atoms with E-state index in [0.717, 1.165) is 11.6 Å². The number of carbonyl (C=O) groups is 5. The Morgan fingerprint density at radius 1 is 0.571 bits per heavy atom. The Morgan fingerprint density at radius 3 is 1.58 bits per heavy atom. The average molecular weight is 1150 g/mol. The molecule has 4 unspecified atom stereocenters. The van der Waals surface area contributed by atoms with Crippen LogP contribution in [0.2, 0.25) is 0 Å². The number of nitrogens with zero attached hydrogens (tertiary/aromatic N) is 3. The van der Waals surface area contributed by atoms with Crippen molar-refractivity contribution in [2.45, 2.75) is 88.2 Å². The Bertz CT molecular complexity index is 3140. The maximum atomic E-state index is 14.3. The van der Waals surface area contributed by atoms with E-state index in [-0.39, 0.29) is 61.3 Å². The van der Waals surface area contributed by atoms with Crippen molar-refractivity contribution >= 4 is 35.4 Å². The lowest BCUT2D eigenvalue weighted by atomic mass is 9.96. The highest BCUT2D eigenvalue weighted by Crippen LogP contribution is 2.37. The number of piperazine rings is 1. The highest BCUT2D eigenvalue weighted by molar-refractivity contribution is 5.95. The van der Waals surface area contributed by atoms with Crippen molar-refractivity contribution < 1.29 is 86.5 Å². The molecule has 84 heavy (non-hydrogen) atoms. The molecule has 0 spiro atoms. The first-order chi connectivity index (χ1) is 40.8. The van der Waals surface area contributed by atoms with E-state index in [9.17, 15) is 44.3 Å². The van der Waals surface area contributed by atoms with E-state index in [1.54, 1.807) is 120 Å². The second kappa shape index (κ2) is 29.2. The van der Waals surface area contributed by atoms with Gasteiger partial charge in [0.1, 0.15) is 43.2 Å². The Balaban J connectivity index is 1.04. The lowest BCUT2D eigenvalue weighted by Crippen LogP contribution is -2.66. The topological polar surface area (TPSA) is 268 Å². The largest absolute Gasteiger partial charge is 0.475 e. The zero-order chi connectivity index (χ0) is 59.0. The molecule has 3 heterocycles. The van der Waals surface area contributed by atoms with Gasteiger partial charge in [0.05, 0.1) is 42.5 Å². The molecule has 0 radical (unpaired) electrons. The number of nitro benzene ring substituents is 1. The van der Waals surface area contributed by atoms with Crippen LogP contribution in [0.15, 0.2) is 170 Å². The number of esters is 3. The predicted octanol–water partition coefficient (Wildman–Crippen LogP) is 5.85. The lowest BCUT2D eigenvalue weighted by molar-refractivity contribution is -0.385. The average Bonchev–Trinajstić information content (AvgIpc) is 2.62. The number of amides is 2. The second-order valence-electron chi connectivity index (χ2n) is 19.9. The molecular formula is C62H63N3O19. The van der Waals surface area contributed by atoms with E-state index in [0.29, 0.717) is 24.2 Å². The number of rotatable bonds is 23. The first kappa shape index (κ1) is 60.2. The van der Waals surface area contributed by atoms with Gasteiger partial charge in [0.2, 0.25) is 5.91 Å². The summed E-state index contributed by atoms with van der Waals surface area (Å²) in [6, 6.07) is 46.5. The summed E-state index contributed by atoms with van der Waals surface area (Å²) in [7, 11) is 0. The minimum atomic E-state index is -1.80. The summed E-state index contributed by atoms with van der Waals surface area (Å²) >= 11 is 0. The highest BCUT2D eigenvalue weighted by Gasteiger charge is 2.56. The van der Waals surface area contributed by atoms with Crippen LogP contribution in [-0.4, -0.2) is 162 Å². The summed E-state index contributed by atoms with van der Waals surface area (Å²) in [5.74, 6) is -3.74. The molecule has 9 rings (SSSR count). The fraction of sp³-hybridized carbons (Fsp3) is 0.339. The maximum Gasteiger partial charge on any atom is 0.344 e. The zero-order valence-electron chi connectivity index (χ0n) is 45.7. The predicted molar refractivity (Wildman–Crippen MR) is 296 cm³/mol. The van der Waals surface area contributed by atoms with Gasteiger partial charge in [-0.15, -0.1) is 0 Å². The summed E-state index contributed by atoms with van der Waals surface area (Å²) in [5, 5.41) is 35.7. The molecule has 2 N–H and O–H groups in total. The Morgan fingerprint density at radius 2 is 1.06 bits per heavy atom. The van der Waals surface area contributed by atoms with Crippen molar-refractivity contribution in [2.75, 3.05) is 46.0 Å². The Hall–Kier alpha value is -8.45. The van der Waals surface area contributed by atoms with Gasteiger partial charge < -0.3 is 67.4 Å². The quantitative estimate of drug-likeness (QED) is 0.0330. The van der Waals surface area contributed by atoms with Crippen LogP contribution in [0.4, 0.5) is 5.69 Å². The molecular weight excluding hydrogens is 1090 g/mol. The van der Waals surface area contributed by atoms with Crippen molar-refractivity contribution in [3.05, 3.63) is 213 Å². The van der Waals surface area contributed by atoms with Gasteiger partial charge in [-0.05, 0) is 53.1 Å². The summed E-state index contributed by atoms with van der Waals surface area (Å²) in [6.07, 6.45) is -15.5. The van der Waals surface area contributed by atoms with Crippen LogP contribution >= 0.6 is 0 Å². The van der Waals surface area contributed by atoms with Crippen molar-refractivity contribution in [2.24, 2.45) is 0 Å². The van der Waals surface area contributed by atoms with Crippen LogP contribution in [0, 0.1) is 10.1 Å². The van der Waals surface area contributed by atoms with Gasteiger partial charge in [0.15, 0.2) is 37.1 Å². The van der Waals surface area contributed by atoms with Gasteiger partial charge in [0.25, 0.3) is 5.91 Å². The summed E-state index contributed by atoms with van der Waals surface area (Å²) in [5.41, 5.74) is 1.68. The summed E-state index contributed by atoms with van der Waals surface area (Å²) in [4.78, 5) is 82.2.